The molecule has 130 valence electrons. The average molecular weight is 343 g/mol. The number of aliphatic hydroxyl groups is 1. The van der Waals surface area contributed by atoms with Gasteiger partial charge in [-0.2, -0.15) is 13.2 Å². The van der Waals surface area contributed by atoms with E-state index in [0.29, 0.717) is 23.8 Å². The Morgan fingerprint density at radius 2 is 2.00 bits per heavy atom. The smallest absolute Gasteiger partial charge is 0.376 e. The maximum Gasteiger partial charge on any atom is 0.422 e. The first-order valence-electron chi connectivity index (χ1n) is 7.43. The molecule has 1 aromatic heterocycles. The van der Waals surface area contributed by atoms with Crippen molar-refractivity contribution in [3.63, 3.8) is 0 Å². The zero-order valence-electron chi connectivity index (χ0n) is 13.2. The number of hydrogen-bond acceptors (Lipinski definition) is 4. The Balaban J connectivity index is 2.48. The quantitative estimate of drug-likeness (QED) is 0.652. The van der Waals surface area contributed by atoms with Crippen LogP contribution < -0.4 is 0 Å². The molecule has 0 saturated heterocycles. The lowest BCUT2D eigenvalue weighted by molar-refractivity contribution is -0.230. The van der Waals surface area contributed by atoms with Crippen LogP contribution in [0.4, 0.5) is 23.2 Å². The first kappa shape index (κ1) is 18.3. The molecule has 0 fully saturated rings. The van der Waals surface area contributed by atoms with Gasteiger partial charge in [0.15, 0.2) is 5.60 Å². The van der Waals surface area contributed by atoms with Crippen LogP contribution in [-0.2, 0) is 0 Å². The second-order valence-electron chi connectivity index (χ2n) is 5.56. The second kappa shape index (κ2) is 6.80. The van der Waals surface area contributed by atoms with Crippen molar-refractivity contribution < 1.29 is 22.7 Å². The number of nitrogens with zero attached hydrogens (tertiary/aromatic N) is 3. The topological polar surface area (TPSA) is 58.4 Å². The van der Waals surface area contributed by atoms with Crippen molar-refractivity contribution in [2.24, 2.45) is 4.99 Å². The molecule has 1 aromatic carbocycles. The molecule has 0 radical (unpaired) electrons. The molecule has 8 heteroatoms. The SMILES string of the molecule is CCCCC(O)(C=Nc1cc(F)cc2nc(C)ncc12)C(F)(F)F. The van der Waals surface area contributed by atoms with Gasteiger partial charge in [-0.25, -0.2) is 14.4 Å². The predicted octanol–water partition coefficient (Wildman–Crippen LogP) is 4.26. The number of aromatic nitrogens is 2. The van der Waals surface area contributed by atoms with Crippen molar-refractivity contribution >= 4 is 22.8 Å². The monoisotopic (exact) mass is 343 g/mol. The lowest BCUT2D eigenvalue weighted by Crippen LogP contribution is -2.46. The van der Waals surface area contributed by atoms with Crippen LogP contribution in [0.5, 0.6) is 0 Å². The number of hydrogen-bond donors (Lipinski definition) is 1. The van der Waals surface area contributed by atoms with Gasteiger partial charge in [0.2, 0.25) is 0 Å². The van der Waals surface area contributed by atoms with Crippen LogP contribution in [0.15, 0.2) is 23.3 Å². The van der Waals surface area contributed by atoms with E-state index in [1.54, 1.807) is 13.8 Å². The van der Waals surface area contributed by atoms with E-state index in [1.807, 2.05) is 0 Å². The zero-order valence-corrected chi connectivity index (χ0v) is 13.2. The Morgan fingerprint density at radius 1 is 1.29 bits per heavy atom. The largest absolute Gasteiger partial charge is 0.422 e. The lowest BCUT2D eigenvalue weighted by Gasteiger charge is -2.26. The molecule has 0 amide bonds. The van der Waals surface area contributed by atoms with Gasteiger partial charge in [0.05, 0.1) is 11.2 Å². The summed E-state index contributed by atoms with van der Waals surface area (Å²) in [7, 11) is 0. The average Bonchev–Trinajstić information content (AvgIpc) is 2.48. The van der Waals surface area contributed by atoms with E-state index in [0.717, 1.165) is 12.1 Å². The summed E-state index contributed by atoms with van der Waals surface area (Å²) in [5, 5.41) is 10.2. The summed E-state index contributed by atoms with van der Waals surface area (Å²) in [6, 6.07) is 2.13. The Labute approximate surface area is 136 Å². The van der Waals surface area contributed by atoms with E-state index in [4.69, 9.17) is 0 Å². The second-order valence-corrected chi connectivity index (χ2v) is 5.56. The van der Waals surface area contributed by atoms with E-state index in [2.05, 4.69) is 15.0 Å². The molecule has 2 rings (SSSR count). The summed E-state index contributed by atoms with van der Waals surface area (Å²) in [4.78, 5) is 11.7. The summed E-state index contributed by atoms with van der Waals surface area (Å²) in [6.45, 7) is 3.33. The van der Waals surface area contributed by atoms with Gasteiger partial charge in [-0.15, -0.1) is 0 Å². The summed E-state index contributed by atoms with van der Waals surface area (Å²) in [5.74, 6) is -0.283. The van der Waals surface area contributed by atoms with Gasteiger partial charge in [-0.1, -0.05) is 19.8 Å². The van der Waals surface area contributed by atoms with E-state index in [1.165, 1.54) is 6.20 Å². The fourth-order valence-corrected chi connectivity index (χ4v) is 2.18. The highest BCUT2D eigenvalue weighted by Gasteiger charge is 2.52. The van der Waals surface area contributed by atoms with Crippen LogP contribution in [-0.4, -0.2) is 33.1 Å². The molecule has 0 bridgehead atoms. The highest BCUT2D eigenvalue weighted by atomic mass is 19.4. The van der Waals surface area contributed by atoms with Crippen LogP contribution in [0.25, 0.3) is 10.9 Å². The fourth-order valence-electron chi connectivity index (χ4n) is 2.18. The standard InChI is InChI=1S/C16H17F4N3O/c1-3-4-5-15(24,16(18,19)20)9-22-13-6-11(17)7-14-12(13)8-21-10(2)23-14/h6-9,24H,3-5H2,1-2H3. The van der Waals surface area contributed by atoms with E-state index >= 15 is 0 Å². The molecule has 0 spiro atoms. The maximum absolute atomic E-state index is 13.7. The summed E-state index contributed by atoms with van der Waals surface area (Å²) in [5.41, 5.74) is -2.89. The van der Waals surface area contributed by atoms with Gasteiger partial charge in [0.25, 0.3) is 0 Å². The Kier molecular flexibility index (Phi) is 5.17. The van der Waals surface area contributed by atoms with Crippen molar-refractivity contribution in [1.82, 2.24) is 9.97 Å². The van der Waals surface area contributed by atoms with Crippen LogP contribution in [0, 0.1) is 12.7 Å². The van der Waals surface area contributed by atoms with Crippen LogP contribution in [0.2, 0.25) is 0 Å². The molecule has 0 aliphatic carbocycles. The van der Waals surface area contributed by atoms with Crippen LogP contribution >= 0.6 is 0 Å². The third-order valence-corrected chi connectivity index (χ3v) is 3.58. The van der Waals surface area contributed by atoms with E-state index < -0.39 is 24.0 Å². The lowest BCUT2D eigenvalue weighted by atomic mass is 9.97. The number of benzene rings is 1. The number of aliphatic imine (C=N–C) groups is 1. The van der Waals surface area contributed by atoms with Crippen molar-refractivity contribution in [3.05, 3.63) is 30.0 Å². The van der Waals surface area contributed by atoms with Crippen LogP contribution in [0.3, 0.4) is 0 Å². The molecular weight excluding hydrogens is 326 g/mol. The molecular formula is C16H17F4N3O. The van der Waals surface area contributed by atoms with Gasteiger partial charge in [0, 0.05) is 29.9 Å². The molecule has 1 atom stereocenters. The zero-order chi connectivity index (χ0) is 18.0. The molecule has 2 aromatic rings. The normalized spacial score (nSPS) is 15.1. The van der Waals surface area contributed by atoms with Gasteiger partial charge < -0.3 is 5.11 Å². The fraction of sp³-hybridized carbons (Fsp3) is 0.438. The van der Waals surface area contributed by atoms with Crippen molar-refractivity contribution in [1.29, 1.82) is 0 Å². The predicted molar refractivity (Wildman–Crippen MR) is 82.9 cm³/mol. The van der Waals surface area contributed by atoms with Gasteiger partial charge >= 0.3 is 6.18 Å². The number of aryl methyl sites for hydroxylation is 1. The number of rotatable bonds is 5. The van der Waals surface area contributed by atoms with Crippen molar-refractivity contribution in [3.8, 4) is 0 Å². The number of fused-ring (bicyclic) bond motifs is 1. The molecule has 1 heterocycles. The Bertz CT molecular complexity index is 756. The number of alkyl halides is 3. The van der Waals surface area contributed by atoms with Gasteiger partial charge in [-0.3, -0.25) is 4.99 Å². The molecule has 0 aliphatic rings. The molecule has 24 heavy (non-hydrogen) atoms. The molecule has 0 aliphatic heterocycles. The number of halogens is 4. The van der Waals surface area contributed by atoms with Gasteiger partial charge in [0.1, 0.15) is 11.6 Å². The molecule has 0 saturated carbocycles. The highest BCUT2D eigenvalue weighted by Crippen LogP contribution is 2.34. The minimum atomic E-state index is -4.87. The Morgan fingerprint density at radius 3 is 2.62 bits per heavy atom. The number of unbranched alkanes of at least 4 members (excludes halogenated alkanes) is 1. The van der Waals surface area contributed by atoms with Crippen molar-refractivity contribution in [2.45, 2.75) is 44.9 Å². The minimum Gasteiger partial charge on any atom is -0.376 e. The van der Waals surface area contributed by atoms with E-state index in [-0.39, 0.29) is 17.6 Å². The Hall–Kier alpha value is -2.09. The summed E-state index contributed by atoms with van der Waals surface area (Å²) in [6.07, 6.45) is -2.93. The van der Waals surface area contributed by atoms with E-state index in [9.17, 15) is 22.7 Å². The summed E-state index contributed by atoms with van der Waals surface area (Å²) < 4.78 is 53.1. The molecule has 1 unspecified atom stereocenters. The van der Waals surface area contributed by atoms with Crippen LogP contribution in [0.1, 0.15) is 32.0 Å². The summed E-state index contributed by atoms with van der Waals surface area (Å²) >= 11 is 0. The minimum absolute atomic E-state index is 0.0656. The van der Waals surface area contributed by atoms with Crippen molar-refractivity contribution in [2.75, 3.05) is 0 Å². The third-order valence-electron chi connectivity index (χ3n) is 3.58. The third kappa shape index (κ3) is 3.87. The molecule has 1 N–H and O–H groups in total. The first-order valence-corrected chi connectivity index (χ1v) is 7.43. The van der Waals surface area contributed by atoms with Gasteiger partial charge in [-0.05, 0) is 13.3 Å². The highest BCUT2D eigenvalue weighted by molar-refractivity contribution is 5.91. The first-order chi connectivity index (χ1) is 11.2. The molecule has 4 nitrogen and oxygen atoms in total. The maximum atomic E-state index is 13.7.